The van der Waals surface area contributed by atoms with Crippen LogP contribution in [-0.2, 0) is 33.9 Å². The molecule has 1 aromatic heterocycles. The summed E-state index contributed by atoms with van der Waals surface area (Å²) in [7, 11) is 0. The smallest absolute Gasteiger partial charge is 0.305 e. The van der Waals surface area contributed by atoms with Gasteiger partial charge in [-0.1, -0.05) is 30.3 Å². The molecule has 3 heterocycles. The number of benzene rings is 2. The van der Waals surface area contributed by atoms with Gasteiger partial charge in [-0.3, -0.25) is 14.4 Å². The molecule has 1 saturated heterocycles. The van der Waals surface area contributed by atoms with E-state index >= 15 is 0 Å². The van der Waals surface area contributed by atoms with Gasteiger partial charge in [-0.2, -0.15) is 0 Å². The zero-order valence-electron chi connectivity index (χ0n) is 17.3. The molecule has 8 heteroatoms. The number of carbonyl (C=O) groups is 3. The summed E-state index contributed by atoms with van der Waals surface area (Å²) in [6, 6.07) is 13.7. The van der Waals surface area contributed by atoms with E-state index in [-0.39, 0.29) is 37.1 Å². The summed E-state index contributed by atoms with van der Waals surface area (Å²) in [5, 5.41) is 9.99. The number of halogens is 1. The maximum atomic E-state index is 13.4. The molecule has 1 fully saturated rings. The van der Waals surface area contributed by atoms with E-state index < -0.39 is 12.0 Å². The van der Waals surface area contributed by atoms with Gasteiger partial charge in [-0.15, -0.1) is 0 Å². The summed E-state index contributed by atoms with van der Waals surface area (Å²) in [5.41, 5.74) is 3.96. The molecule has 2 aliphatic heterocycles. The Balaban J connectivity index is 1.53. The van der Waals surface area contributed by atoms with Gasteiger partial charge in [0.15, 0.2) is 0 Å². The highest BCUT2D eigenvalue weighted by Crippen LogP contribution is 2.35. The first-order chi connectivity index (χ1) is 15.4. The van der Waals surface area contributed by atoms with E-state index in [0.717, 1.165) is 27.7 Å². The number of hydrogen-bond donors (Lipinski definition) is 1. The predicted molar refractivity (Wildman–Crippen MR) is 114 cm³/mol. The van der Waals surface area contributed by atoms with Crippen LogP contribution in [0.1, 0.15) is 23.2 Å². The monoisotopic (exact) mass is 435 g/mol. The van der Waals surface area contributed by atoms with E-state index in [4.69, 9.17) is 5.11 Å². The van der Waals surface area contributed by atoms with Gasteiger partial charge in [0, 0.05) is 36.1 Å². The van der Waals surface area contributed by atoms with Crippen LogP contribution >= 0.6 is 0 Å². The van der Waals surface area contributed by atoms with E-state index in [1.54, 1.807) is 17.0 Å². The van der Waals surface area contributed by atoms with Crippen LogP contribution in [0.25, 0.3) is 10.9 Å². The molecule has 0 saturated carbocycles. The van der Waals surface area contributed by atoms with Crippen LogP contribution in [0.15, 0.2) is 48.5 Å². The molecule has 0 aliphatic carbocycles. The number of carboxylic acids is 1. The van der Waals surface area contributed by atoms with Gasteiger partial charge in [-0.25, -0.2) is 4.39 Å². The van der Waals surface area contributed by atoms with Crippen LogP contribution in [0.3, 0.4) is 0 Å². The number of aliphatic carboxylic acids is 1. The molecule has 2 amide bonds. The summed E-state index contributed by atoms with van der Waals surface area (Å²) in [5.74, 6) is -1.67. The third-order valence-electron chi connectivity index (χ3n) is 6.38. The van der Waals surface area contributed by atoms with Gasteiger partial charge in [0.05, 0.1) is 19.5 Å². The third kappa shape index (κ3) is 3.41. The number of para-hydroxylation sites is 1. The highest BCUT2D eigenvalue weighted by atomic mass is 19.1. The highest BCUT2D eigenvalue weighted by molar-refractivity contribution is 5.97. The Kier molecular flexibility index (Phi) is 4.92. The van der Waals surface area contributed by atoms with Gasteiger partial charge in [0.25, 0.3) is 0 Å². The van der Waals surface area contributed by atoms with Crippen molar-refractivity contribution in [1.82, 2.24) is 14.4 Å². The first-order valence-corrected chi connectivity index (χ1v) is 10.6. The number of rotatable bonds is 5. The van der Waals surface area contributed by atoms with E-state index in [2.05, 4.69) is 4.57 Å². The lowest BCUT2D eigenvalue weighted by molar-refractivity contribution is -0.158. The van der Waals surface area contributed by atoms with Crippen molar-refractivity contribution in [2.45, 2.75) is 32.0 Å². The van der Waals surface area contributed by atoms with Crippen LogP contribution in [0.2, 0.25) is 0 Å². The fourth-order valence-corrected chi connectivity index (χ4v) is 4.81. The van der Waals surface area contributed by atoms with Crippen molar-refractivity contribution in [2.24, 2.45) is 0 Å². The van der Waals surface area contributed by atoms with Crippen LogP contribution in [-0.4, -0.2) is 56.4 Å². The molecule has 0 radical (unpaired) electrons. The maximum absolute atomic E-state index is 13.4. The summed E-state index contributed by atoms with van der Waals surface area (Å²) in [4.78, 5) is 39.9. The number of hydrogen-bond acceptors (Lipinski definition) is 3. The fourth-order valence-electron chi connectivity index (χ4n) is 4.81. The Morgan fingerprint density at radius 2 is 1.81 bits per heavy atom. The molecule has 2 aromatic carbocycles. The Morgan fingerprint density at radius 3 is 2.56 bits per heavy atom. The first-order valence-electron chi connectivity index (χ1n) is 10.6. The molecule has 1 atom stereocenters. The molecule has 2 aliphatic rings. The van der Waals surface area contributed by atoms with E-state index in [1.165, 1.54) is 17.0 Å². The standard InChI is InChI=1S/C24H22FN3O4/c25-16-7-5-15(6-8-16)12-27-19-4-2-1-3-17(19)18-11-20-24(32)26(10-9-23(30)31)14-22(29)28(20)13-21(18)27/h1-8,20H,9-14H2,(H,30,31). The van der Waals surface area contributed by atoms with Crippen LogP contribution in [0.5, 0.6) is 0 Å². The minimum Gasteiger partial charge on any atom is -0.481 e. The lowest BCUT2D eigenvalue weighted by Gasteiger charge is -2.43. The Morgan fingerprint density at radius 1 is 1.06 bits per heavy atom. The predicted octanol–water partition coefficient (Wildman–Crippen LogP) is 2.40. The van der Waals surface area contributed by atoms with Crippen molar-refractivity contribution < 1.29 is 23.9 Å². The highest BCUT2D eigenvalue weighted by Gasteiger charge is 2.43. The van der Waals surface area contributed by atoms with Crippen molar-refractivity contribution >= 4 is 28.7 Å². The van der Waals surface area contributed by atoms with Gasteiger partial charge in [-0.05, 0) is 29.3 Å². The normalized spacial score (nSPS) is 18.1. The third-order valence-corrected chi connectivity index (χ3v) is 6.38. The van der Waals surface area contributed by atoms with E-state index in [1.807, 2.05) is 24.3 Å². The molecular formula is C24H22FN3O4. The number of aromatic nitrogens is 1. The van der Waals surface area contributed by atoms with Crippen molar-refractivity contribution in [3.05, 3.63) is 71.2 Å². The minimum absolute atomic E-state index is 0.0312. The molecule has 0 spiro atoms. The number of carbonyl (C=O) groups excluding carboxylic acids is 2. The van der Waals surface area contributed by atoms with Gasteiger partial charge in [0.2, 0.25) is 11.8 Å². The number of amides is 2. The molecule has 1 unspecified atom stereocenters. The van der Waals surface area contributed by atoms with Crippen LogP contribution in [0, 0.1) is 5.82 Å². The van der Waals surface area contributed by atoms with Crippen molar-refractivity contribution in [3.8, 4) is 0 Å². The molecule has 3 aromatic rings. The summed E-state index contributed by atoms with van der Waals surface area (Å²) >= 11 is 0. The molecular weight excluding hydrogens is 413 g/mol. The molecule has 1 N–H and O–H groups in total. The molecule has 164 valence electrons. The zero-order chi connectivity index (χ0) is 22.4. The second-order valence-corrected chi connectivity index (χ2v) is 8.30. The number of nitrogens with zero attached hydrogens (tertiary/aromatic N) is 3. The number of carboxylic acid groups (broad SMARTS) is 1. The second kappa shape index (κ2) is 7.78. The molecule has 7 nitrogen and oxygen atoms in total. The molecule has 0 bridgehead atoms. The topological polar surface area (TPSA) is 82.8 Å². The van der Waals surface area contributed by atoms with E-state index in [9.17, 15) is 18.8 Å². The lowest BCUT2D eigenvalue weighted by Crippen LogP contribution is -2.61. The van der Waals surface area contributed by atoms with Crippen LogP contribution < -0.4 is 0 Å². The summed E-state index contributed by atoms with van der Waals surface area (Å²) in [6.45, 7) is 0.772. The van der Waals surface area contributed by atoms with Gasteiger partial charge in [0.1, 0.15) is 11.9 Å². The van der Waals surface area contributed by atoms with Gasteiger partial charge < -0.3 is 19.5 Å². The fraction of sp³-hybridized carbons (Fsp3) is 0.292. The second-order valence-electron chi connectivity index (χ2n) is 8.30. The number of fused-ring (bicyclic) bond motifs is 4. The Bertz CT molecular complexity index is 1230. The average Bonchev–Trinajstić information content (AvgIpc) is 3.09. The first kappa shape index (κ1) is 20.2. The molecule has 5 rings (SSSR count). The SMILES string of the molecule is O=C(O)CCN1CC(=O)N2Cc3c(c4ccccc4n3Cc3ccc(F)cc3)CC2C1=O. The van der Waals surface area contributed by atoms with E-state index in [0.29, 0.717) is 19.5 Å². The zero-order valence-corrected chi connectivity index (χ0v) is 17.3. The largest absolute Gasteiger partial charge is 0.481 e. The van der Waals surface area contributed by atoms with Crippen LogP contribution in [0.4, 0.5) is 4.39 Å². The van der Waals surface area contributed by atoms with Crippen molar-refractivity contribution in [2.75, 3.05) is 13.1 Å². The lowest BCUT2D eigenvalue weighted by atomic mass is 9.93. The van der Waals surface area contributed by atoms with Crippen molar-refractivity contribution in [3.63, 3.8) is 0 Å². The Hall–Kier alpha value is -3.68. The summed E-state index contributed by atoms with van der Waals surface area (Å²) in [6.07, 6.45) is 0.203. The quantitative estimate of drug-likeness (QED) is 0.667. The average molecular weight is 435 g/mol. The number of piperazine rings is 1. The Labute approximate surface area is 183 Å². The van der Waals surface area contributed by atoms with Gasteiger partial charge >= 0.3 is 5.97 Å². The maximum Gasteiger partial charge on any atom is 0.305 e. The molecule has 32 heavy (non-hydrogen) atoms. The minimum atomic E-state index is -0.998. The summed E-state index contributed by atoms with van der Waals surface area (Å²) < 4.78 is 15.5. The van der Waals surface area contributed by atoms with Crippen molar-refractivity contribution in [1.29, 1.82) is 0 Å².